The van der Waals surface area contributed by atoms with E-state index in [1.165, 1.54) is 6.07 Å². The molecular formula is C12H15ClFNO2. The molecular weight excluding hydrogens is 245 g/mol. The zero-order valence-corrected chi connectivity index (χ0v) is 10.2. The van der Waals surface area contributed by atoms with Crippen molar-refractivity contribution >= 4 is 11.6 Å². The molecule has 1 heterocycles. The summed E-state index contributed by atoms with van der Waals surface area (Å²) in [4.78, 5) is 2.12. The molecule has 3 nitrogen and oxygen atoms in total. The molecule has 1 aromatic carbocycles. The van der Waals surface area contributed by atoms with Gasteiger partial charge in [0, 0.05) is 13.1 Å². The summed E-state index contributed by atoms with van der Waals surface area (Å²) in [6.45, 7) is 2.67. The highest BCUT2D eigenvalue weighted by atomic mass is 35.5. The Morgan fingerprint density at radius 2 is 2.35 bits per heavy atom. The predicted molar refractivity (Wildman–Crippen MR) is 63.5 cm³/mol. The minimum Gasteiger partial charge on any atom is -0.395 e. The third-order valence-electron chi connectivity index (χ3n) is 2.93. The van der Waals surface area contributed by atoms with Gasteiger partial charge in [0.1, 0.15) is 5.82 Å². The summed E-state index contributed by atoms with van der Waals surface area (Å²) >= 11 is 5.73. The predicted octanol–water partition coefficient (Wildman–Crippen LogP) is 1.67. The Labute approximate surface area is 105 Å². The molecule has 0 spiro atoms. The Balaban J connectivity index is 2.05. The molecule has 0 aliphatic carbocycles. The lowest BCUT2D eigenvalue weighted by atomic mass is 10.1. The lowest BCUT2D eigenvalue weighted by Gasteiger charge is -2.34. The number of aliphatic hydroxyl groups excluding tert-OH is 1. The second-order valence-corrected chi connectivity index (χ2v) is 4.54. The third-order valence-corrected chi connectivity index (χ3v) is 3.22. The van der Waals surface area contributed by atoms with Gasteiger partial charge in [-0.15, -0.1) is 0 Å². The summed E-state index contributed by atoms with van der Waals surface area (Å²) in [5, 5.41) is 9.37. The highest BCUT2D eigenvalue weighted by Gasteiger charge is 2.22. The molecule has 1 aromatic rings. The van der Waals surface area contributed by atoms with Crippen LogP contribution in [0.2, 0.25) is 5.02 Å². The maximum absolute atomic E-state index is 13.0. The fourth-order valence-corrected chi connectivity index (χ4v) is 2.14. The highest BCUT2D eigenvalue weighted by molar-refractivity contribution is 6.30. The molecule has 1 saturated heterocycles. The minimum absolute atomic E-state index is 0.00702. The maximum Gasteiger partial charge on any atom is 0.141 e. The summed E-state index contributed by atoms with van der Waals surface area (Å²) in [5.41, 5.74) is 0.941. The van der Waals surface area contributed by atoms with Gasteiger partial charge in [0.25, 0.3) is 0 Å². The van der Waals surface area contributed by atoms with Crippen LogP contribution in [0.4, 0.5) is 4.39 Å². The standard InChI is InChI=1S/C12H15ClFNO2/c13-11-5-9(1-2-12(11)14)6-15-3-4-17-8-10(15)7-16/h1-2,5,10,16H,3-4,6-8H2. The number of hydrogen-bond donors (Lipinski definition) is 1. The molecule has 2 rings (SSSR count). The molecule has 0 saturated carbocycles. The average Bonchev–Trinajstić information content (AvgIpc) is 2.34. The normalized spacial score (nSPS) is 21.7. The zero-order chi connectivity index (χ0) is 12.3. The highest BCUT2D eigenvalue weighted by Crippen LogP contribution is 2.18. The molecule has 1 N–H and O–H groups in total. The van der Waals surface area contributed by atoms with E-state index in [-0.39, 0.29) is 17.7 Å². The smallest absolute Gasteiger partial charge is 0.141 e. The van der Waals surface area contributed by atoms with E-state index in [4.69, 9.17) is 16.3 Å². The Hall–Kier alpha value is -0.680. The minimum atomic E-state index is -0.406. The molecule has 1 fully saturated rings. The van der Waals surface area contributed by atoms with Crippen molar-refractivity contribution in [2.45, 2.75) is 12.6 Å². The van der Waals surface area contributed by atoms with Gasteiger partial charge in [0.2, 0.25) is 0 Å². The van der Waals surface area contributed by atoms with Crippen molar-refractivity contribution in [1.82, 2.24) is 4.90 Å². The van der Waals surface area contributed by atoms with Gasteiger partial charge in [-0.2, -0.15) is 0 Å². The van der Waals surface area contributed by atoms with E-state index in [0.717, 1.165) is 12.1 Å². The fraction of sp³-hybridized carbons (Fsp3) is 0.500. The second-order valence-electron chi connectivity index (χ2n) is 4.13. The molecule has 0 aromatic heterocycles. The monoisotopic (exact) mass is 259 g/mol. The molecule has 0 bridgehead atoms. The SMILES string of the molecule is OCC1COCCN1Cc1ccc(F)c(Cl)c1. The van der Waals surface area contributed by atoms with Gasteiger partial charge in [-0.05, 0) is 17.7 Å². The Kier molecular flexibility index (Phi) is 4.34. The maximum atomic E-state index is 13.0. The van der Waals surface area contributed by atoms with Crippen LogP contribution < -0.4 is 0 Å². The molecule has 0 radical (unpaired) electrons. The van der Waals surface area contributed by atoms with Crippen LogP contribution in [-0.4, -0.2) is 42.4 Å². The number of nitrogens with zero attached hydrogens (tertiary/aromatic N) is 1. The van der Waals surface area contributed by atoms with E-state index in [0.29, 0.717) is 19.8 Å². The van der Waals surface area contributed by atoms with Crippen molar-refractivity contribution < 1.29 is 14.2 Å². The number of ether oxygens (including phenoxy) is 1. The van der Waals surface area contributed by atoms with E-state index in [1.54, 1.807) is 12.1 Å². The molecule has 1 unspecified atom stereocenters. The fourth-order valence-electron chi connectivity index (χ4n) is 1.94. The van der Waals surface area contributed by atoms with Crippen molar-refractivity contribution in [3.05, 3.63) is 34.6 Å². The second kappa shape index (κ2) is 5.78. The number of aliphatic hydroxyl groups is 1. The van der Waals surface area contributed by atoms with Crippen LogP contribution in [0.3, 0.4) is 0 Å². The average molecular weight is 260 g/mol. The first-order chi connectivity index (χ1) is 8.20. The van der Waals surface area contributed by atoms with Gasteiger partial charge in [-0.1, -0.05) is 17.7 Å². The van der Waals surface area contributed by atoms with Gasteiger partial charge in [0.05, 0.1) is 30.9 Å². The van der Waals surface area contributed by atoms with Gasteiger partial charge in [-0.25, -0.2) is 4.39 Å². The van der Waals surface area contributed by atoms with Crippen LogP contribution in [-0.2, 0) is 11.3 Å². The lowest BCUT2D eigenvalue weighted by molar-refractivity contribution is -0.0312. The summed E-state index contributed by atoms with van der Waals surface area (Å²) < 4.78 is 18.3. The molecule has 94 valence electrons. The number of rotatable bonds is 3. The van der Waals surface area contributed by atoms with E-state index in [9.17, 15) is 9.50 Å². The molecule has 1 atom stereocenters. The summed E-state index contributed by atoms with van der Waals surface area (Å²) in [6, 6.07) is 4.71. The van der Waals surface area contributed by atoms with Gasteiger partial charge >= 0.3 is 0 Å². The summed E-state index contributed by atoms with van der Waals surface area (Å²) in [6.07, 6.45) is 0. The number of hydrogen-bond acceptors (Lipinski definition) is 3. The first-order valence-electron chi connectivity index (χ1n) is 5.57. The van der Waals surface area contributed by atoms with Gasteiger partial charge in [-0.3, -0.25) is 4.90 Å². The van der Waals surface area contributed by atoms with Crippen molar-refractivity contribution in [3.8, 4) is 0 Å². The first-order valence-corrected chi connectivity index (χ1v) is 5.95. The van der Waals surface area contributed by atoms with Crippen LogP contribution >= 0.6 is 11.6 Å². The third kappa shape index (κ3) is 3.16. The molecule has 1 aliphatic rings. The summed E-state index contributed by atoms with van der Waals surface area (Å²) in [5.74, 6) is -0.406. The van der Waals surface area contributed by atoms with Crippen LogP contribution in [0.1, 0.15) is 5.56 Å². The topological polar surface area (TPSA) is 32.7 Å². The quantitative estimate of drug-likeness (QED) is 0.896. The Morgan fingerprint density at radius 1 is 1.53 bits per heavy atom. The Bertz CT molecular complexity index is 389. The molecule has 1 aliphatic heterocycles. The van der Waals surface area contributed by atoms with Gasteiger partial charge < -0.3 is 9.84 Å². The van der Waals surface area contributed by atoms with Crippen LogP contribution in [0, 0.1) is 5.82 Å². The lowest BCUT2D eigenvalue weighted by Crippen LogP contribution is -2.46. The van der Waals surface area contributed by atoms with Crippen molar-refractivity contribution in [3.63, 3.8) is 0 Å². The van der Waals surface area contributed by atoms with Crippen molar-refractivity contribution in [2.75, 3.05) is 26.4 Å². The van der Waals surface area contributed by atoms with Crippen LogP contribution in [0.25, 0.3) is 0 Å². The Morgan fingerprint density at radius 3 is 3.06 bits per heavy atom. The van der Waals surface area contributed by atoms with Crippen molar-refractivity contribution in [2.24, 2.45) is 0 Å². The van der Waals surface area contributed by atoms with E-state index < -0.39 is 5.82 Å². The van der Waals surface area contributed by atoms with E-state index >= 15 is 0 Å². The van der Waals surface area contributed by atoms with Crippen LogP contribution in [0.5, 0.6) is 0 Å². The van der Waals surface area contributed by atoms with E-state index in [2.05, 4.69) is 4.90 Å². The van der Waals surface area contributed by atoms with Crippen LogP contribution in [0.15, 0.2) is 18.2 Å². The number of morpholine rings is 1. The van der Waals surface area contributed by atoms with Gasteiger partial charge in [0.15, 0.2) is 0 Å². The number of benzene rings is 1. The first kappa shape index (κ1) is 12.8. The summed E-state index contributed by atoms with van der Waals surface area (Å²) in [7, 11) is 0. The van der Waals surface area contributed by atoms with E-state index in [1.807, 2.05) is 0 Å². The zero-order valence-electron chi connectivity index (χ0n) is 9.40. The molecule has 5 heteroatoms. The largest absolute Gasteiger partial charge is 0.395 e. The van der Waals surface area contributed by atoms with Crippen molar-refractivity contribution in [1.29, 1.82) is 0 Å². The number of halogens is 2. The molecule has 0 amide bonds. The molecule has 17 heavy (non-hydrogen) atoms.